The van der Waals surface area contributed by atoms with Crippen LogP contribution in [0, 0.1) is 0 Å². The molecule has 1 aromatic carbocycles. The Morgan fingerprint density at radius 3 is 2.27 bits per heavy atom. The zero-order chi connectivity index (χ0) is 9.86. The summed E-state index contributed by atoms with van der Waals surface area (Å²) in [4.78, 5) is 0. The first-order valence-corrected chi connectivity index (χ1v) is 5.64. The van der Waals surface area contributed by atoms with Gasteiger partial charge in [0.1, 0.15) is 0 Å². The molecule has 0 amide bonds. The van der Waals surface area contributed by atoms with Crippen LogP contribution in [0.2, 0.25) is 0 Å². The summed E-state index contributed by atoms with van der Waals surface area (Å²) in [5, 5.41) is 3.44. The smallest absolute Gasteiger partial charge is 0.00255 e. The molecular weight excluding hydrogens is 206 g/mol. The van der Waals surface area contributed by atoms with Crippen molar-refractivity contribution >= 4 is 12.4 Å². The van der Waals surface area contributed by atoms with Crippen molar-refractivity contribution in [2.75, 3.05) is 13.1 Å². The van der Waals surface area contributed by atoms with Gasteiger partial charge in [-0.2, -0.15) is 0 Å². The molecule has 2 heteroatoms. The second-order valence-corrected chi connectivity index (χ2v) is 4.25. The SMILES string of the molecule is CCC1(c2ccccc2)CCNCC1.Cl. The molecule has 0 saturated carbocycles. The number of halogens is 1. The van der Waals surface area contributed by atoms with E-state index >= 15 is 0 Å². The van der Waals surface area contributed by atoms with Crippen LogP contribution in [0.15, 0.2) is 30.3 Å². The molecule has 0 atom stereocenters. The molecule has 1 aliphatic rings. The third kappa shape index (κ3) is 2.53. The van der Waals surface area contributed by atoms with Gasteiger partial charge in [-0.05, 0) is 43.3 Å². The van der Waals surface area contributed by atoms with Gasteiger partial charge in [0.25, 0.3) is 0 Å². The second kappa shape index (κ2) is 5.53. The molecule has 1 N–H and O–H groups in total. The third-order valence-electron chi connectivity index (χ3n) is 3.62. The molecule has 0 aliphatic carbocycles. The van der Waals surface area contributed by atoms with Crippen LogP contribution in [0.3, 0.4) is 0 Å². The molecule has 1 nitrogen and oxygen atoms in total. The van der Waals surface area contributed by atoms with Gasteiger partial charge < -0.3 is 5.32 Å². The first-order valence-electron chi connectivity index (χ1n) is 5.64. The maximum absolute atomic E-state index is 3.44. The Labute approximate surface area is 98.7 Å². The molecule has 84 valence electrons. The molecule has 0 bridgehead atoms. The molecule has 0 unspecified atom stereocenters. The van der Waals surface area contributed by atoms with Gasteiger partial charge >= 0.3 is 0 Å². The van der Waals surface area contributed by atoms with Crippen LogP contribution in [0.4, 0.5) is 0 Å². The average molecular weight is 226 g/mol. The van der Waals surface area contributed by atoms with Crippen LogP contribution in [-0.4, -0.2) is 13.1 Å². The van der Waals surface area contributed by atoms with Gasteiger partial charge in [0.05, 0.1) is 0 Å². The summed E-state index contributed by atoms with van der Waals surface area (Å²) in [5.41, 5.74) is 1.98. The molecule has 1 aromatic rings. The highest BCUT2D eigenvalue weighted by Crippen LogP contribution is 2.36. The Balaban J connectivity index is 0.00000112. The fourth-order valence-electron chi connectivity index (χ4n) is 2.54. The minimum atomic E-state index is 0. The molecular formula is C13H20ClN. The summed E-state index contributed by atoms with van der Waals surface area (Å²) in [6, 6.07) is 11.0. The molecule has 2 rings (SSSR count). The van der Waals surface area contributed by atoms with Crippen molar-refractivity contribution in [2.24, 2.45) is 0 Å². The van der Waals surface area contributed by atoms with E-state index in [1.54, 1.807) is 0 Å². The van der Waals surface area contributed by atoms with Gasteiger partial charge in [0.2, 0.25) is 0 Å². The zero-order valence-corrected chi connectivity index (χ0v) is 10.1. The number of piperidine rings is 1. The van der Waals surface area contributed by atoms with Crippen LogP contribution < -0.4 is 5.32 Å². The van der Waals surface area contributed by atoms with Crippen molar-refractivity contribution in [1.82, 2.24) is 5.32 Å². The third-order valence-corrected chi connectivity index (χ3v) is 3.62. The van der Waals surface area contributed by atoms with E-state index in [2.05, 4.69) is 42.6 Å². The van der Waals surface area contributed by atoms with E-state index in [0.717, 1.165) is 0 Å². The number of benzene rings is 1. The van der Waals surface area contributed by atoms with Gasteiger partial charge in [0, 0.05) is 0 Å². The molecule has 15 heavy (non-hydrogen) atoms. The summed E-state index contributed by atoms with van der Waals surface area (Å²) in [5.74, 6) is 0. The molecule has 1 saturated heterocycles. The number of nitrogens with one attached hydrogen (secondary N) is 1. The van der Waals surface area contributed by atoms with Crippen molar-refractivity contribution in [3.05, 3.63) is 35.9 Å². The number of hydrogen-bond donors (Lipinski definition) is 1. The number of rotatable bonds is 2. The van der Waals surface area contributed by atoms with Gasteiger partial charge in [-0.3, -0.25) is 0 Å². The lowest BCUT2D eigenvalue weighted by Gasteiger charge is -2.37. The fraction of sp³-hybridized carbons (Fsp3) is 0.538. The summed E-state index contributed by atoms with van der Waals surface area (Å²) < 4.78 is 0. The Morgan fingerprint density at radius 1 is 1.13 bits per heavy atom. The van der Waals surface area contributed by atoms with E-state index in [9.17, 15) is 0 Å². The minimum Gasteiger partial charge on any atom is -0.317 e. The number of hydrogen-bond acceptors (Lipinski definition) is 1. The molecule has 1 heterocycles. The van der Waals surface area contributed by atoms with Crippen LogP contribution in [0.5, 0.6) is 0 Å². The predicted molar refractivity (Wildman–Crippen MR) is 67.8 cm³/mol. The first-order chi connectivity index (χ1) is 6.87. The normalized spacial score (nSPS) is 19.3. The molecule has 0 spiro atoms. The van der Waals surface area contributed by atoms with Gasteiger partial charge in [-0.25, -0.2) is 0 Å². The maximum atomic E-state index is 3.44. The lowest BCUT2D eigenvalue weighted by atomic mass is 9.71. The van der Waals surface area contributed by atoms with E-state index in [4.69, 9.17) is 0 Å². The van der Waals surface area contributed by atoms with Crippen LogP contribution >= 0.6 is 12.4 Å². The Bertz CT molecular complexity index is 278. The lowest BCUT2D eigenvalue weighted by Crippen LogP contribution is -2.39. The Morgan fingerprint density at radius 2 is 1.73 bits per heavy atom. The van der Waals surface area contributed by atoms with Crippen LogP contribution in [0.1, 0.15) is 31.7 Å². The van der Waals surface area contributed by atoms with Gasteiger partial charge in [-0.1, -0.05) is 37.3 Å². The first kappa shape index (κ1) is 12.5. The van der Waals surface area contributed by atoms with E-state index < -0.39 is 0 Å². The van der Waals surface area contributed by atoms with Crippen LogP contribution in [0.25, 0.3) is 0 Å². The average Bonchev–Trinajstić information content (AvgIpc) is 2.31. The topological polar surface area (TPSA) is 12.0 Å². The minimum absolute atomic E-state index is 0. The summed E-state index contributed by atoms with van der Waals surface area (Å²) in [7, 11) is 0. The molecule has 1 fully saturated rings. The highest BCUT2D eigenvalue weighted by atomic mass is 35.5. The van der Waals surface area contributed by atoms with Gasteiger partial charge in [-0.15, -0.1) is 12.4 Å². The van der Waals surface area contributed by atoms with Crippen molar-refractivity contribution < 1.29 is 0 Å². The summed E-state index contributed by atoms with van der Waals surface area (Å²) >= 11 is 0. The highest BCUT2D eigenvalue weighted by Gasteiger charge is 2.31. The maximum Gasteiger partial charge on any atom is -0.00255 e. The Hall–Kier alpha value is -0.530. The molecule has 1 aliphatic heterocycles. The van der Waals surface area contributed by atoms with E-state index in [-0.39, 0.29) is 12.4 Å². The standard InChI is InChI=1S/C13H19N.ClH/c1-2-13(8-10-14-11-9-13)12-6-4-3-5-7-12;/h3-7,14H,2,8-11H2,1H3;1H. The molecule has 0 radical (unpaired) electrons. The lowest BCUT2D eigenvalue weighted by molar-refractivity contribution is 0.298. The monoisotopic (exact) mass is 225 g/mol. The highest BCUT2D eigenvalue weighted by molar-refractivity contribution is 5.85. The van der Waals surface area contributed by atoms with Gasteiger partial charge in [0.15, 0.2) is 0 Å². The largest absolute Gasteiger partial charge is 0.317 e. The molecule has 0 aromatic heterocycles. The quantitative estimate of drug-likeness (QED) is 0.816. The van der Waals surface area contributed by atoms with Crippen molar-refractivity contribution in [1.29, 1.82) is 0 Å². The predicted octanol–water partition coefficient (Wildman–Crippen LogP) is 3.14. The second-order valence-electron chi connectivity index (χ2n) is 4.25. The van der Waals surface area contributed by atoms with E-state index in [1.165, 1.54) is 37.9 Å². The van der Waals surface area contributed by atoms with Crippen molar-refractivity contribution in [3.63, 3.8) is 0 Å². The Kier molecular flexibility index (Phi) is 4.62. The van der Waals surface area contributed by atoms with Crippen molar-refractivity contribution in [2.45, 2.75) is 31.6 Å². The van der Waals surface area contributed by atoms with E-state index in [1.807, 2.05) is 0 Å². The van der Waals surface area contributed by atoms with Crippen LogP contribution in [-0.2, 0) is 5.41 Å². The van der Waals surface area contributed by atoms with Crippen molar-refractivity contribution in [3.8, 4) is 0 Å². The summed E-state index contributed by atoms with van der Waals surface area (Å²) in [6.45, 7) is 4.66. The fourth-order valence-corrected chi connectivity index (χ4v) is 2.54. The zero-order valence-electron chi connectivity index (χ0n) is 9.33. The van der Waals surface area contributed by atoms with E-state index in [0.29, 0.717) is 5.41 Å². The summed E-state index contributed by atoms with van der Waals surface area (Å²) in [6.07, 6.45) is 3.83.